The fourth-order valence-electron chi connectivity index (χ4n) is 3.74. The minimum atomic E-state index is -1.43. The van der Waals surface area contributed by atoms with Crippen LogP contribution in [-0.4, -0.2) is 9.85 Å². The molecule has 0 aromatic heterocycles. The van der Waals surface area contributed by atoms with Crippen LogP contribution in [0.4, 0.5) is 11.4 Å². The summed E-state index contributed by atoms with van der Waals surface area (Å²) in [7, 11) is 0. The first-order valence-corrected chi connectivity index (χ1v) is 9.78. The summed E-state index contributed by atoms with van der Waals surface area (Å²) in [5, 5.41) is 33.7. The van der Waals surface area contributed by atoms with E-state index >= 15 is 0 Å². The zero-order valence-corrected chi connectivity index (χ0v) is 17.1. The summed E-state index contributed by atoms with van der Waals surface area (Å²) >= 11 is 6.02. The zero-order valence-electron chi connectivity index (χ0n) is 16.3. The van der Waals surface area contributed by atoms with Crippen molar-refractivity contribution >= 4 is 28.7 Å². The van der Waals surface area contributed by atoms with E-state index in [9.17, 15) is 25.5 Å². The summed E-state index contributed by atoms with van der Waals surface area (Å²) in [6.45, 7) is 0. The van der Waals surface area contributed by atoms with E-state index in [0.717, 1.165) is 12.1 Å². The van der Waals surface area contributed by atoms with Crippen LogP contribution in [0.2, 0.25) is 5.02 Å². The fraction of sp³-hybridized carbons (Fsp3) is 0.0870. The quantitative estimate of drug-likeness (QED) is 0.364. The van der Waals surface area contributed by atoms with Crippen molar-refractivity contribution in [1.82, 2.24) is 0 Å². The molecule has 0 bridgehead atoms. The lowest BCUT2D eigenvalue weighted by molar-refractivity contribution is -0.394. The summed E-state index contributed by atoms with van der Waals surface area (Å²) in [6, 6.07) is 21.1. The molecule has 1 aliphatic heterocycles. The van der Waals surface area contributed by atoms with Crippen molar-refractivity contribution in [3.63, 3.8) is 0 Å². The average Bonchev–Trinajstić information content (AvgIpc) is 3.20. The molecule has 2 atom stereocenters. The molecule has 0 saturated heterocycles. The number of nitrogens with zero attached hydrogens (tertiary/aromatic N) is 3. The summed E-state index contributed by atoms with van der Waals surface area (Å²) in [5.41, 5.74) is -1.10. The van der Waals surface area contributed by atoms with Gasteiger partial charge in [-0.05, 0) is 29.8 Å². The molecule has 0 spiro atoms. The van der Waals surface area contributed by atoms with Crippen LogP contribution >= 0.6 is 11.6 Å². The predicted molar refractivity (Wildman–Crippen MR) is 117 cm³/mol. The molecule has 0 N–H and O–H groups in total. The highest BCUT2D eigenvalue weighted by Gasteiger charge is 2.50. The molecule has 32 heavy (non-hydrogen) atoms. The highest BCUT2D eigenvalue weighted by Crippen LogP contribution is 2.52. The Kier molecular flexibility index (Phi) is 5.34. The molecule has 0 amide bonds. The average molecular weight is 448 g/mol. The van der Waals surface area contributed by atoms with Crippen LogP contribution in [0.25, 0.3) is 5.76 Å². The number of hydrogen-bond acceptors (Lipinski definition) is 6. The Morgan fingerprint density at radius 2 is 1.66 bits per heavy atom. The van der Waals surface area contributed by atoms with Crippen molar-refractivity contribution in [1.29, 1.82) is 5.26 Å². The Hall–Kier alpha value is -4.22. The van der Waals surface area contributed by atoms with Gasteiger partial charge in [0.1, 0.15) is 11.2 Å². The van der Waals surface area contributed by atoms with Gasteiger partial charge >= 0.3 is 0 Å². The SMILES string of the molecule is N#C[C@]1(c2ccc(Cl)cc2)C=C(c2ccccc2)O[C@@H]1c1ccc([N+](=O)[O-])cc1[N+](=O)[O-]. The van der Waals surface area contributed by atoms with E-state index in [1.165, 1.54) is 6.07 Å². The molecule has 0 unspecified atom stereocenters. The molecule has 9 heteroatoms. The van der Waals surface area contributed by atoms with Crippen molar-refractivity contribution in [2.24, 2.45) is 0 Å². The number of hydrogen-bond donors (Lipinski definition) is 0. The van der Waals surface area contributed by atoms with Crippen molar-refractivity contribution < 1.29 is 14.6 Å². The molecule has 0 fully saturated rings. The molecular formula is C23H14ClN3O5. The van der Waals surface area contributed by atoms with Crippen molar-refractivity contribution in [2.75, 3.05) is 0 Å². The molecule has 1 heterocycles. The largest absolute Gasteiger partial charge is 0.483 e. The molecular weight excluding hydrogens is 434 g/mol. The number of nitriles is 1. The molecule has 1 aliphatic rings. The molecule has 3 aromatic carbocycles. The number of benzene rings is 3. The number of nitro groups is 2. The van der Waals surface area contributed by atoms with Crippen LogP contribution in [0.3, 0.4) is 0 Å². The highest BCUT2D eigenvalue weighted by molar-refractivity contribution is 6.30. The first kappa shape index (κ1) is 21.0. The van der Waals surface area contributed by atoms with Gasteiger partial charge < -0.3 is 4.74 Å². The third kappa shape index (κ3) is 3.55. The Morgan fingerprint density at radius 3 is 2.25 bits per heavy atom. The Labute approximate surface area is 187 Å². The van der Waals surface area contributed by atoms with Crippen LogP contribution in [-0.2, 0) is 10.2 Å². The standard InChI is InChI=1S/C23H14ClN3O5/c24-17-8-6-16(7-9-17)23(14-25)13-21(15-4-2-1-3-5-15)32-22(23)19-11-10-18(26(28)29)12-20(19)27(30)31/h1-13,22H/t22-,23+/m1/s1. The Morgan fingerprint density at radius 1 is 0.969 bits per heavy atom. The zero-order chi connectivity index (χ0) is 22.9. The third-order valence-corrected chi connectivity index (χ3v) is 5.54. The number of nitro benzene ring substituents is 2. The van der Waals surface area contributed by atoms with Gasteiger partial charge in [0.05, 0.1) is 27.5 Å². The van der Waals surface area contributed by atoms with Crippen molar-refractivity contribution in [2.45, 2.75) is 11.5 Å². The van der Waals surface area contributed by atoms with Gasteiger partial charge in [-0.25, -0.2) is 0 Å². The summed E-state index contributed by atoms with van der Waals surface area (Å²) in [4.78, 5) is 21.5. The van der Waals surface area contributed by atoms with Gasteiger partial charge in [0.25, 0.3) is 11.4 Å². The second kappa shape index (κ2) is 8.13. The topological polar surface area (TPSA) is 119 Å². The molecule has 0 saturated carbocycles. The Balaban J connectivity index is 1.95. The summed E-state index contributed by atoms with van der Waals surface area (Å²) in [6.07, 6.45) is 0.506. The molecule has 8 nitrogen and oxygen atoms in total. The van der Waals surface area contributed by atoms with E-state index in [1.54, 1.807) is 54.6 Å². The van der Waals surface area contributed by atoms with E-state index in [1.807, 2.05) is 6.07 Å². The van der Waals surface area contributed by atoms with Crippen molar-refractivity contribution in [3.8, 4) is 6.07 Å². The number of halogens is 1. The minimum Gasteiger partial charge on any atom is -0.483 e. The highest BCUT2D eigenvalue weighted by atomic mass is 35.5. The summed E-state index contributed by atoms with van der Waals surface area (Å²) < 4.78 is 6.15. The monoisotopic (exact) mass is 447 g/mol. The Bertz CT molecular complexity index is 1290. The molecule has 158 valence electrons. The fourth-order valence-corrected chi connectivity index (χ4v) is 3.87. The van der Waals surface area contributed by atoms with Crippen LogP contribution in [0.1, 0.15) is 22.8 Å². The van der Waals surface area contributed by atoms with Crippen LogP contribution in [0.5, 0.6) is 0 Å². The van der Waals surface area contributed by atoms with Gasteiger partial charge in [-0.3, -0.25) is 20.2 Å². The predicted octanol–water partition coefficient (Wildman–Crippen LogP) is 5.73. The third-order valence-electron chi connectivity index (χ3n) is 5.29. The first-order valence-electron chi connectivity index (χ1n) is 9.40. The lowest BCUT2D eigenvalue weighted by atomic mass is 9.74. The lowest BCUT2D eigenvalue weighted by Crippen LogP contribution is -2.28. The van der Waals surface area contributed by atoms with E-state index < -0.39 is 32.7 Å². The second-order valence-corrected chi connectivity index (χ2v) is 7.55. The van der Waals surface area contributed by atoms with Crippen LogP contribution in [0, 0.1) is 31.6 Å². The van der Waals surface area contributed by atoms with Gasteiger partial charge in [0.15, 0.2) is 6.10 Å². The van der Waals surface area contributed by atoms with E-state index in [-0.39, 0.29) is 5.56 Å². The minimum absolute atomic E-state index is 0.0549. The van der Waals surface area contributed by atoms with E-state index in [0.29, 0.717) is 21.9 Å². The second-order valence-electron chi connectivity index (χ2n) is 7.12. The van der Waals surface area contributed by atoms with Gasteiger partial charge in [0, 0.05) is 16.7 Å². The maximum atomic E-state index is 11.8. The molecule has 0 radical (unpaired) electrons. The summed E-state index contributed by atoms with van der Waals surface area (Å²) in [5.74, 6) is 0.375. The smallest absolute Gasteiger partial charge is 0.283 e. The van der Waals surface area contributed by atoms with Gasteiger partial charge in [-0.1, -0.05) is 54.1 Å². The van der Waals surface area contributed by atoms with Gasteiger partial charge in [0.2, 0.25) is 0 Å². The van der Waals surface area contributed by atoms with Gasteiger partial charge in [-0.2, -0.15) is 5.26 Å². The first-order chi connectivity index (χ1) is 15.4. The molecule has 3 aromatic rings. The molecule has 0 aliphatic carbocycles. The molecule has 4 rings (SSSR count). The van der Waals surface area contributed by atoms with E-state index in [4.69, 9.17) is 16.3 Å². The van der Waals surface area contributed by atoms with E-state index in [2.05, 4.69) is 6.07 Å². The number of non-ortho nitro benzene ring substituents is 1. The van der Waals surface area contributed by atoms with Gasteiger partial charge in [-0.15, -0.1) is 0 Å². The maximum Gasteiger partial charge on any atom is 0.283 e. The lowest BCUT2D eigenvalue weighted by Gasteiger charge is -2.27. The van der Waals surface area contributed by atoms with Crippen LogP contribution in [0.15, 0.2) is 78.9 Å². The number of rotatable bonds is 5. The van der Waals surface area contributed by atoms with Crippen molar-refractivity contribution in [3.05, 3.63) is 121 Å². The van der Waals surface area contributed by atoms with Crippen LogP contribution < -0.4 is 0 Å². The normalized spacial score (nSPS) is 19.5. The maximum absolute atomic E-state index is 11.8. The number of ether oxygens (including phenoxy) is 1.